The number of nitrogens with zero attached hydrogens (tertiary/aromatic N) is 2. The smallest absolute Gasteiger partial charge is 0.241 e. The average Bonchev–Trinajstić information content (AvgIpc) is 2.10. The Kier molecular flexibility index (Phi) is 9.41. The van der Waals surface area contributed by atoms with Crippen LogP contribution in [0.15, 0.2) is 0 Å². The molecule has 0 saturated heterocycles. The van der Waals surface area contributed by atoms with E-state index in [2.05, 4.69) is 5.32 Å². The highest BCUT2D eigenvalue weighted by molar-refractivity contribution is 5.85. The van der Waals surface area contributed by atoms with Crippen molar-refractivity contribution in [1.82, 2.24) is 15.1 Å². The van der Waals surface area contributed by atoms with E-state index in [1.165, 1.54) is 4.90 Å². The molecule has 6 heteroatoms. The maximum Gasteiger partial charge on any atom is 0.241 e. The molecule has 90 valence electrons. The van der Waals surface area contributed by atoms with Gasteiger partial charge in [0, 0.05) is 27.1 Å². The molecule has 0 aromatic rings. The van der Waals surface area contributed by atoms with Gasteiger partial charge in [-0.05, 0) is 14.1 Å². The summed E-state index contributed by atoms with van der Waals surface area (Å²) >= 11 is 0. The highest BCUT2D eigenvalue weighted by Gasteiger charge is 2.06. The fourth-order valence-corrected chi connectivity index (χ4v) is 0.746. The minimum absolute atomic E-state index is 0. The summed E-state index contributed by atoms with van der Waals surface area (Å²) in [4.78, 5) is 25.6. The van der Waals surface area contributed by atoms with E-state index in [4.69, 9.17) is 0 Å². The topological polar surface area (TPSA) is 52.7 Å². The maximum atomic E-state index is 11.2. The average molecular weight is 238 g/mol. The molecule has 0 aliphatic heterocycles. The van der Waals surface area contributed by atoms with Gasteiger partial charge >= 0.3 is 0 Å². The van der Waals surface area contributed by atoms with Crippen molar-refractivity contribution in [2.75, 3.05) is 41.3 Å². The zero-order chi connectivity index (χ0) is 11.1. The summed E-state index contributed by atoms with van der Waals surface area (Å²) in [6.45, 7) is 0.779. The lowest BCUT2D eigenvalue weighted by Gasteiger charge is -2.12. The predicted octanol–water partition coefficient (Wildman–Crippen LogP) is -0.436. The third-order valence-corrected chi connectivity index (χ3v) is 1.72. The van der Waals surface area contributed by atoms with Gasteiger partial charge in [-0.2, -0.15) is 0 Å². The van der Waals surface area contributed by atoms with Gasteiger partial charge in [0.1, 0.15) is 0 Å². The number of hydrogen-bond acceptors (Lipinski definition) is 3. The first-order valence-corrected chi connectivity index (χ1v) is 4.55. The Balaban J connectivity index is 0. The summed E-state index contributed by atoms with van der Waals surface area (Å²) in [7, 11) is 7.12. The Morgan fingerprint density at radius 2 is 1.67 bits per heavy atom. The van der Waals surface area contributed by atoms with Crippen molar-refractivity contribution < 1.29 is 9.59 Å². The number of carbonyl (C=O) groups is 2. The van der Waals surface area contributed by atoms with E-state index in [1.54, 1.807) is 14.1 Å². The van der Waals surface area contributed by atoms with Gasteiger partial charge in [-0.3, -0.25) is 9.59 Å². The van der Waals surface area contributed by atoms with Crippen molar-refractivity contribution in [2.45, 2.75) is 6.42 Å². The van der Waals surface area contributed by atoms with Crippen LogP contribution < -0.4 is 5.32 Å². The first-order chi connectivity index (χ1) is 6.43. The molecule has 0 aromatic carbocycles. The van der Waals surface area contributed by atoms with Crippen LogP contribution in [-0.4, -0.2) is 62.9 Å². The second-order valence-corrected chi connectivity index (χ2v) is 3.62. The van der Waals surface area contributed by atoms with E-state index in [0.717, 1.165) is 0 Å². The van der Waals surface area contributed by atoms with Crippen LogP contribution in [0, 0.1) is 0 Å². The molecule has 0 aromatic heterocycles. The first-order valence-electron chi connectivity index (χ1n) is 4.55. The molecule has 1 N–H and O–H groups in total. The Labute approximate surface area is 97.2 Å². The van der Waals surface area contributed by atoms with E-state index >= 15 is 0 Å². The zero-order valence-electron chi connectivity index (χ0n) is 9.74. The molecule has 0 aliphatic rings. The Bertz CT molecular complexity index is 208. The SMILES string of the molecule is CN(C)CCC(=O)NCC(=O)N(C)C.Cl. The van der Waals surface area contributed by atoms with E-state index in [-0.39, 0.29) is 30.8 Å². The number of halogens is 1. The van der Waals surface area contributed by atoms with Crippen LogP contribution in [0.4, 0.5) is 0 Å². The van der Waals surface area contributed by atoms with Gasteiger partial charge in [-0.25, -0.2) is 0 Å². The number of rotatable bonds is 5. The number of hydrogen-bond donors (Lipinski definition) is 1. The standard InChI is InChI=1S/C9H19N3O2.ClH/c1-11(2)6-5-8(13)10-7-9(14)12(3)4;/h5-7H2,1-4H3,(H,10,13);1H. The molecule has 0 aliphatic carbocycles. The normalized spacial score (nSPS) is 9.40. The van der Waals surface area contributed by atoms with E-state index in [0.29, 0.717) is 13.0 Å². The molecule has 0 radical (unpaired) electrons. The molecule has 0 unspecified atom stereocenters. The Morgan fingerprint density at radius 3 is 2.07 bits per heavy atom. The molecule has 0 rings (SSSR count). The molecule has 15 heavy (non-hydrogen) atoms. The molecule has 2 amide bonds. The number of carbonyl (C=O) groups excluding carboxylic acids is 2. The fraction of sp³-hybridized carbons (Fsp3) is 0.778. The number of amides is 2. The molecule has 0 bridgehead atoms. The summed E-state index contributed by atoms with van der Waals surface area (Å²) in [5.41, 5.74) is 0. The number of likely N-dealkylation sites (N-methyl/N-ethyl adjacent to an activating group) is 1. The van der Waals surface area contributed by atoms with Crippen molar-refractivity contribution in [3.8, 4) is 0 Å². The molecule has 5 nitrogen and oxygen atoms in total. The van der Waals surface area contributed by atoms with Crippen molar-refractivity contribution in [2.24, 2.45) is 0 Å². The molecular weight excluding hydrogens is 218 g/mol. The van der Waals surface area contributed by atoms with Crippen LogP contribution in [0.5, 0.6) is 0 Å². The monoisotopic (exact) mass is 237 g/mol. The highest BCUT2D eigenvalue weighted by atomic mass is 35.5. The molecule has 0 spiro atoms. The van der Waals surface area contributed by atoms with Gasteiger partial charge in [0.25, 0.3) is 0 Å². The summed E-state index contributed by atoms with van der Waals surface area (Å²) in [6, 6.07) is 0. The minimum Gasteiger partial charge on any atom is -0.347 e. The second-order valence-electron chi connectivity index (χ2n) is 3.62. The van der Waals surface area contributed by atoms with Crippen molar-refractivity contribution in [3.63, 3.8) is 0 Å². The van der Waals surface area contributed by atoms with Crippen molar-refractivity contribution in [1.29, 1.82) is 0 Å². The first kappa shape index (κ1) is 16.6. The lowest BCUT2D eigenvalue weighted by molar-refractivity contribution is -0.130. The molecule has 0 saturated carbocycles. The van der Waals surface area contributed by atoms with Gasteiger partial charge in [0.15, 0.2) is 0 Å². The fourth-order valence-electron chi connectivity index (χ4n) is 0.746. The second kappa shape index (κ2) is 8.49. The summed E-state index contributed by atoms with van der Waals surface area (Å²) in [6.07, 6.45) is 0.424. The highest BCUT2D eigenvalue weighted by Crippen LogP contribution is 1.83. The van der Waals surface area contributed by atoms with Crippen LogP contribution in [0.25, 0.3) is 0 Å². The van der Waals surface area contributed by atoms with Crippen LogP contribution in [0.2, 0.25) is 0 Å². The zero-order valence-corrected chi connectivity index (χ0v) is 10.6. The third kappa shape index (κ3) is 9.49. The van der Waals surface area contributed by atoms with Crippen LogP contribution >= 0.6 is 12.4 Å². The van der Waals surface area contributed by atoms with Gasteiger partial charge in [0.05, 0.1) is 6.54 Å². The van der Waals surface area contributed by atoms with Crippen molar-refractivity contribution >= 4 is 24.2 Å². The summed E-state index contributed by atoms with van der Waals surface area (Å²) in [5, 5.41) is 2.56. The Hall–Kier alpha value is -0.810. The molecule has 0 fully saturated rings. The Morgan fingerprint density at radius 1 is 1.13 bits per heavy atom. The van der Waals surface area contributed by atoms with Gasteiger partial charge in [-0.15, -0.1) is 12.4 Å². The minimum atomic E-state index is -0.0943. The van der Waals surface area contributed by atoms with Gasteiger partial charge in [-0.1, -0.05) is 0 Å². The van der Waals surface area contributed by atoms with E-state index in [9.17, 15) is 9.59 Å². The largest absolute Gasteiger partial charge is 0.347 e. The molecular formula is C9H20ClN3O2. The van der Waals surface area contributed by atoms with E-state index in [1.807, 2.05) is 19.0 Å². The summed E-state index contributed by atoms with van der Waals surface area (Å²) < 4.78 is 0. The lowest BCUT2D eigenvalue weighted by atomic mass is 10.4. The molecule has 0 atom stereocenters. The van der Waals surface area contributed by atoms with Gasteiger partial charge < -0.3 is 15.1 Å². The maximum absolute atomic E-state index is 11.2. The van der Waals surface area contributed by atoms with Gasteiger partial charge in [0.2, 0.25) is 11.8 Å². The lowest BCUT2D eigenvalue weighted by Crippen LogP contribution is -2.37. The van der Waals surface area contributed by atoms with Crippen molar-refractivity contribution in [3.05, 3.63) is 0 Å². The van der Waals surface area contributed by atoms with Crippen LogP contribution in [0.1, 0.15) is 6.42 Å². The third-order valence-electron chi connectivity index (χ3n) is 1.72. The quantitative estimate of drug-likeness (QED) is 0.706. The van der Waals surface area contributed by atoms with Crippen LogP contribution in [0.3, 0.4) is 0 Å². The summed E-state index contributed by atoms with van der Waals surface area (Å²) in [5.74, 6) is -0.183. The number of nitrogens with one attached hydrogen (secondary N) is 1. The van der Waals surface area contributed by atoms with E-state index < -0.39 is 0 Å². The predicted molar refractivity (Wildman–Crippen MR) is 62.1 cm³/mol. The molecule has 0 heterocycles. The van der Waals surface area contributed by atoms with Crippen LogP contribution in [-0.2, 0) is 9.59 Å².